The summed E-state index contributed by atoms with van der Waals surface area (Å²) in [5.74, 6) is 0.395. The van der Waals surface area contributed by atoms with Crippen LogP contribution in [-0.2, 0) is 19.5 Å². The van der Waals surface area contributed by atoms with E-state index in [1.54, 1.807) is 6.07 Å². The van der Waals surface area contributed by atoms with Gasteiger partial charge in [-0.05, 0) is 49.2 Å². The van der Waals surface area contributed by atoms with Gasteiger partial charge in [-0.1, -0.05) is 29.3 Å². The number of methoxy groups -OCH3 is 1. The Labute approximate surface area is 152 Å². The molecule has 4 nitrogen and oxygen atoms in total. The fourth-order valence-electron chi connectivity index (χ4n) is 3.75. The van der Waals surface area contributed by atoms with E-state index >= 15 is 0 Å². The molecule has 0 bridgehead atoms. The van der Waals surface area contributed by atoms with Crippen LogP contribution in [0.1, 0.15) is 22.4 Å². The van der Waals surface area contributed by atoms with Crippen LogP contribution in [0.3, 0.4) is 0 Å². The molecule has 0 saturated heterocycles. The molecule has 130 valence electrons. The van der Waals surface area contributed by atoms with Crippen LogP contribution in [0.4, 0.5) is 0 Å². The molecule has 2 heterocycles. The molecular weight excluding hydrogens is 336 g/mol. The Bertz CT molecular complexity index is 962. The zero-order valence-corrected chi connectivity index (χ0v) is 15.2. The first-order valence-corrected chi connectivity index (χ1v) is 8.83. The van der Waals surface area contributed by atoms with Gasteiger partial charge in [-0.15, -0.1) is 0 Å². The third kappa shape index (κ3) is 2.66. The smallest absolute Gasteiger partial charge is 0.179 e. The second-order valence-corrected chi connectivity index (χ2v) is 6.93. The summed E-state index contributed by atoms with van der Waals surface area (Å²) in [6, 6.07) is 10.1. The zero-order chi connectivity index (χ0) is 17.6. The van der Waals surface area contributed by atoms with E-state index in [1.807, 2.05) is 6.07 Å². The Hall–Kier alpha value is -2.17. The molecule has 1 aromatic heterocycles. The summed E-state index contributed by atoms with van der Waals surface area (Å²) < 4.78 is 7.58. The number of phenols is 1. The molecule has 1 aliphatic heterocycles. The number of phenolic OH excluding ortho intramolecular Hbond substituents is 1. The van der Waals surface area contributed by atoms with E-state index in [9.17, 15) is 5.11 Å². The van der Waals surface area contributed by atoms with Crippen molar-refractivity contribution in [3.63, 3.8) is 0 Å². The maximum absolute atomic E-state index is 9.91. The highest BCUT2D eigenvalue weighted by atomic mass is 35.5. The van der Waals surface area contributed by atoms with Crippen molar-refractivity contribution >= 4 is 22.5 Å². The quantitative estimate of drug-likeness (QED) is 0.745. The van der Waals surface area contributed by atoms with E-state index < -0.39 is 0 Å². The average Bonchev–Trinajstić information content (AvgIpc) is 2.91. The molecule has 0 aliphatic carbocycles. The molecule has 0 radical (unpaired) electrons. The van der Waals surface area contributed by atoms with Gasteiger partial charge in [0, 0.05) is 29.7 Å². The van der Waals surface area contributed by atoms with Crippen molar-refractivity contribution in [1.29, 1.82) is 0 Å². The van der Waals surface area contributed by atoms with Crippen LogP contribution in [0.5, 0.6) is 11.5 Å². The molecule has 4 rings (SSSR count). The van der Waals surface area contributed by atoms with Gasteiger partial charge in [0.15, 0.2) is 11.5 Å². The number of ether oxygens (including phenoxy) is 1. The second kappa shape index (κ2) is 6.28. The highest BCUT2D eigenvalue weighted by Gasteiger charge is 2.21. The van der Waals surface area contributed by atoms with Gasteiger partial charge in [-0.2, -0.15) is 0 Å². The van der Waals surface area contributed by atoms with Gasteiger partial charge in [0.1, 0.15) is 0 Å². The van der Waals surface area contributed by atoms with Crippen LogP contribution in [0.15, 0.2) is 30.3 Å². The van der Waals surface area contributed by atoms with Crippen molar-refractivity contribution < 1.29 is 9.84 Å². The number of hydrogen-bond acceptors (Lipinski definition) is 3. The van der Waals surface area contributed by atoms with E-state index in [0.717, 1.165) is 25.1 Å². The van der Waals surface area contributed by atoms with E-state index in [-0.39, 0.29) is 5.75 Å². The Kier molecular flexibility index (Phi) is 4.10. The average molecular weight is 357 g/mol. The number of nitrogens with one attached hydrogen (secondary N) is 1. The van der Waals surface area contributed by atoms with Gasteiger partial charge in [0.2, 0.25) is 0 Å². The molecule has 2 N–H and O–H groups in total. The van der Waals surface area contributed by atoms with Crippen LogP contribution in [0.25, 0.3) is 10.9 Å². The number of hydrogen-bond donors (Lipinski definition) is 2. The first-order chi connectivity index (χ1) is 12.1. The highest BCUT2D eigenvalue weighted by Crippen LogP contribution is 2.38. The van der Waals surface area contributed by atoms with E-state index in [2.05, 4.69) is 35.0 Å². The number of halogens is 1. The van der Waals surface area contributed by atoms with Crippen molar-refractivity contribution in [3.05, 3.63) is 57.7 Å². The minimum atomic E-state index is 0.0629. The SMILES string of the molecule is COc1c(O)ccc(Cn2c3c(c4cc(C)ccc42)CCNC3)c1Cl. The number of aromatic hydroxyl groups is 1. The number of benzene rings is 2. The van der Waals surface area contributed by atoms with Crippen molar-refractivity contribution in [3.8, 4) is 11.5 Å². The molecule has 25 heavy (non-hydrogen) atoms. The summed E-state index contributed by atoms with van der Waals surface area (Å²) in [4.78, 5) is 0. The van der Waals surface area contributed by atoms with Gasteiger partial charge >= 0.3 is 0 Å². The molecule has 0 amide bonds. The van der Waals surface area contributed by atoms with Gasteiger partial charge < -0.3 is 19.7 Å². The van der Waals surface area contributed by atoms with Crippen LogP contribution < -0.4 is 10.1 Å². The lowest BCUT2D eigenvalue weighted by Gasteiger charge is -2.18. The predicted octanol–water partition coefficient (Wildman–Crippen LogP) is 4.01. The summed E-state index contributed by atoms with van der Waals surface area (Å²) >= 11 is 6.48. The van der Waals surface area contributed by atoms with Crippen molar-refractivity contribution in [2.45, 2.75) is 26.4 Å². The van der Waals surface area contributed by atoms with Crippen LogP contribution in [0.2, 0.25) is 5.02 Å². The van der Waals surface area contributed by atoms with E-state index in [4.69, 9.17) is 16.3 Å². The fraction of sp³-hybridized carbons (Fsp3) is 0.300. The lowest BCUT2D eigenvalue weighted by Crippen LogP contribution is -2.25. The van der Waals surface area contributed by atoms with Crippen LogP contribution >= 0.6 is 11.6 Å². The number of nitrogens with zero attached hydrogens (tertiary/aromatic N) is 1. The molecule has 0 fully saturated rings. The highest BCUT2D eigenvalue weighted by molar-refractivity contribution is 6.33. The lowest BCUT2D eigenvalue weighted by atomic mass is 10.0. The molecule has 0 spiro atoms. The first-order valence-electron chi connectivity index (χ1n) is 8.45. The van der Waals surface area contributed by atoms with Gasteiger partial charge in [0.25, 0.3) is 0 Å². The monoisotopic (exact) mass is 356 g/mol. The molecule has 0 atom stereocenters. The standard InChI is InChI=1S/C20H21ClN2O2/c1-12-3-5-16-15(9-12)14-7-8-22-10-17(14)23(16)11-13-4-6-18(24)20(25-2)19(13)21/h3-6,9,22,24H,7-8,10-11H2,1-2H3. The first kappa shape index (κ1) is 16.3. The van der Waals surface area contributed by atoms with E-state index in [0.29, 0.717) is 17.3 Å². The molecule has 2 aromatic carbocycles. The predicted molar refractivity (Wildman–Crippen MR) is 101 cm³/mol. The largest absolute Gasteiger partial charge is 0.504 e. The number of rotatable bonds is 3. The molecule has 5 heteroatoms. The third-order valence-electron chi connectivity index (χ3n) is 4.98. The molecule has 1 aliphatic rings. The lowest BCUT2D eigenvalue weighted by molar-refractivity contribution is 0.373. The van der Waals surface area contributed by atoms with Crippen LogP contribution in [0, 0.1) is 6.92 Å². The summed E-state index contributed by atoms with van der Waals surface area (Å²) in [7, 11) is 1.52. The summed E-state index contributed by atoms with van der Waals surface area (Å²) in [6.45, 7) is 4.64. The van der Waals surface area contributed by atoms with Gasteiger partial charge in [-0.3, -0.25) is 0 Å². The van der Waals surface area contributed by atoms with Crippen molar-refractivity contribution in [1.82, 2.24) is 9.88 Å². The topological polar surface area (TPSA) is 46.4 Å². The Morgan fingerprint density at radius 1 is 1.28 bits per heavy atom. The number of fused-ring (bicyclic) bond motifs is 3. The molecule has 0 unspecified atom stereocenters. The summed E-state index contributed by atoms with van der Waals surface area (Å²) in [6.07, 6.45) is 1.04. The van der Waals surface area contributed by atoms with Gasteiger partial charge in [-0.25, -0.2) is 0 Å². The van der Waals surface area contributed by atoms with Crippen molar-refractivity contribution in [2.75, 3.05) is 13.7 Å². The zero-order valence-electron chi connectivity index (χ0n) is 14.4. The number of aromatic nitrogens is 1. The second-order valence-electron chi connectivity index (χ2n) is 6.55. The fourth-order valence-corrected chi connectivity index (χ4v) is 4.04. The normalized spacial score (nSPS) is 13.9. The summed E-state index contributed by atoms with van der Waals surface area (Å²) in [5, 5.41) is 15.2. The summed E-state index contributed by atoms with van der Waals surface area (Å²) in [5.41, 5.74) is 6.18. The Morgan fingerprint density at radius 3 is 2.92 bits per heavy atom. The maximum atomic E-state index is 9.91. The Morgan fingerprint density at radius 2 is 2.12 bits per heavy atom. The minimum absolute atomic E-state index is 0.0629. The third-order valence-corrected chi connectivity index (χ3v) is 5.39. The minimum Gasteiger partial charge on any atom is -0.504 e. The molecular formula is C20H21ClN2O2. The number of aryl methyl sites for hydroxylation is 1. The van der Waals surface area contributed by atoms with Crippen molar-refractivity contribution in [2.24, 2.45) is 0 Å². The van der Waals surface area contributed by atoms with E-state index in [1.165, 1.54) is 34.8 Å². The molecule has 3 aromatic rings. The Balaban J connectivity index is 1.88. The van der Waals surface area contributed by atoms with Gasteiger partial charge in [0.05, 0.1) is 12.1 Å². The molecule has 0 saturated carbocycles. The maximum Gasteiger partial charge on any atom is 0.179 e. The van der Waals surface area contributed by atoms with Crippen LogP contribution in [-0.4, -0.2) is 23.3 Å².